The van der Waals surface area contributed by atoms with E-state index < -0.39 is 0 Å². The molecule has 0 atom stereocenters. The molecule has 0 aromatic heterocycles. The van der Waals surface area contributed by atoms with Crippen molar-refractivity contribution in [2.75, 3.05) is 6.61 Å². The Morgan fingerprint density at radius 1 is 1.07 bits per heavy atom. The molecule has 0 unspecified atom stereocenters. The van der Waals surface area contributed by atoms with Crippen LogP contribution in [0.3, 0.4) is 0 Å². The minimum Gasteiger partial charge on any atom is -0.396 e. The van der Waals surface area contributed by atoms with Gasteiger partial charge in [-0.1, -0.05) is 37.6 Å². The second kappa shape index (κ2) is 6.61. The third-order valence-corrected chi connectivity index (χ3v) is 2.52. The molecule has 1 N–H and O–H groups in total. The van der Waals surface area contributed by atoms with Gasteiger partial charge < -0.3 is 5.11 Å². The quantitative estimate of drug-likeness (QED) is 0.687. The second-order valence-corrected chi connectivity index (χ2v) is 3.71. The molecule has 0 aliphatic rings. The maximum atomic E-state index is 8.65. The molecule has 0 aliphatic carbocycles. The monoisotopic (exact) mass is 192 g/mol. The zero-order valence-corrected chi connectivity index (χ0v) is 9.00. The van der Waals surface area contributed by atoms with Crippen LogP contribution in [0, 0.1) is 0 Å². The summed E-state index contributed by atoms with van der Waals surface area (Å²) in [6.45, 7) is 2.51. The van der Waals surface area contributed by atoms with Gasteiger partial charge in [0.25, 0.3) is 0 Å². The molecule has 0 saturated carbocycles. The molecule has 0 heterocycles. The molecule has 1 nitrogen and oxygen atoms in total. The van der Waals surface area contributed by atoms with Gasteiger partial charge in [-0.25, -0.2) is 0 Å². The fourth-order valence-electron chi connectivity index (χ4n) is 1.62. The lowest BCUT2D eigenvalue weighted by atomic mass is 10.0. The van der Waals surface area contributed by atoms with Crippen LogP contribution in [-0.2, 0) is 12.8 Å². The standard InChI is InChI=1S/C13H20O/c1-2-12-8-6-9-13(11-12)7-4-3-5-10-14/h6,8-9,11,14H,2-5,7,10H2,1H3. The Labute approximate surface area is 86.8 Å². The van der Waals surface area contributed by atoms with Crippen molar-refractivity contribution >= 4 is 0 Å². The van der Waals surface area contributed by atoms with Crippen LogP contribution in [0.1, 0.15) is 37.3 Å². The fourth-order valence-corrected chi connectivity index (χ4v) is 1.62. The molecule has 0 radical (unpaired) electrons. The molecule has 0 bridgehead atoms. The minimum absolute atomic E-state index is 0.328. The van der Waals surface area contributed by atoms with Crippen molar-refractivity contribution < 1.29 is 5.11 Å². The number of aliphatic hydroxyl groups is 1. The van der Waals surface area contributed by atoms with Crippen molar-refractivity contribution in [3.8, 4) is 0 Å². The number of aliphatic hydroxyl groups excluding tert-OH is 1. The first-order valence-electron chi connectivity index (χ1n) is 5.55. The predicted octanol–water partition coefficient (Wildman–Crippen LogP) is 2.95. The van der Waals surface area contributed by atoms with Crippen molar-refractivity contribution in [1.82, 2.24) is 0 Å². The summed E-state index contributed by atoms with van der Waals surface area (Å²) in [6.07, 6.45) is 5.52. The summed E-state index contributed by atoms with van der Waals surface area (Å²) in [5.41, 5.74) is 2.85. The largest absolute Gasteiger partial charge is 0.396 e. The Kier molecular flexibility index (Phi) is 5.31. The number of aryl methyl sites for hydroxylation is 2. The zero-order chi connectivity index (χ0) is 10.2. The van der Waals surface area contributed by atoms with Gasteiger partial charge in [0.15, 0.2) is 0 Å². The van der Waals surface area contributed by atoms with Crippen molar-refractivity contribution in [1.29, 1.82) is 0 Å². The van der Waals surface area contributed by atoms with Gasteiger partial charge in [0.05, 0.1) is 0 Å². The molecular weight excluding hydrogens is 172 g/mol. The Hall–Kier alpha value is -0.820. The molecule has 0 aliphatic heterocycles. The van der Waals surface area contributed by atoms with E-state index in [1.807, 2.05) is 0 Å². The SMILES string of the molecule is CCc1cccc(CCCCCO)c1. The van der Waals surface area contributed by atoms with E-state index in [4.69, 9.17) is 5.11 Å². The van der Waals surface area contributed by atoms with Gasteiger partial charge in [-0.3, -0.25) is 0 Å². The highest BCUT2D eigenvalue weighted by atomic mass is 16.2. The number of hydrogen-bond donors (Lipinski definition) is 1. The maximum absolute atomic E-state index is 8.65. The minimum atomic E-state index is 0.328. The molecule has 0 spiro atoms. The molecular formula is C13H20O. The van der Waals surface area contributed by atoms with Crippen LogP contribution in [0.25, 0.3) is 0 Å². The maximum Gasteiger partial charge on any atom is 0.0431 e. The molecule has 1 heteroatoms. The van der Waals surface area contributed by atoms with Crippen LogP contribution in [0.15, 0.2) is 24.3 Å². The van der Waals surface area contributed by atoms with E-state index in [1.165, 1.54) is 17.5 Å². The first-order chi connectivity index (χ1) is 6.86. The second-order valence-electron chi connectivity index (χ2n) is 3.71. The molecule has 0 amide bonds. The van der Waals surface area contributed by atoms with Gasteiger partial charge >= 0.3 is 0 Å². The molecule has 78 valence electrons. The van der Waals surface area contributed by atoms with Gasteiger partial charge in [-0.2, -0.15) is 0 Å². The molecule has 1 aromatic rings. The Bertz CT molecular complexity index is 255. The van der Waals surface area contributed by atoms with Crippen LogP contribution in [-0.4, -0.2) is 11.7 Å². The van der Waals surface area contributed by atoms with E-state index in [-0.39, 0.29) is 0 Å². The van der Waals surface area contributed by atoms with Gasteiger partial charge in [0.1, 0.15) is 0 Å². The van der Waals surface area contributed by atoms with E-state index >= 15 is 0 Å². The molecule has 0 fully saturated rings. The summed E-state index contributed by atoms with van der Waals surface area (Å²) in [5, 5.41) is 8.65. The number of rotatable bonds is 6. The van der Waals surface area contributed by atoms with Gasteiger partial charge in [-0.15, -0.1) is 0 Å². The summed E-state index contributed by atoms with van der Waals surface area (Å²) in [4.78, 5) is 0. The van der Waals surface area contributed by atoms with Crippen LogP contribution in [0.2, 0.25) is 0 Å². The highest BCUT2D eigenvalue weighted by Gasteiger charge is 1.94. The van der Waals surface area contributed by atoms with Crippen molar-refractivity contribution in [2.24, 2.45) is 0 Å². The predicted molar refractivity (Wildman–Crippen MR) is 60.5 cm³/mol. The lowest BCUT2D eigenvalue weighted by Crippen LogP contribution is -1.89. The van der Waals surface area contributed by atoms with Crippen LogP contribution >= 0.6 is 0 Å². The van der Waals surface area contributed by atoms with Gasteiger partial charge in [0.2, 0.25) is 0 Å². The summed E-state index contributed by atoms with van der Waals surface area (Å²) >= 11 is 0. The number of unbranched alkanes of at least 4 members (excludes halogenated alkanes) is 2. The highest BCUT2D eigenvalue weighted by Crippen LogP contribution is 2.09. The fraction of sp³-hybridized carbons (Fsp3) is 0.538. The Balaban J connectivity index is 2.34. The van der Waals surface area contributed by atoms with Crippen molar-refractivity contribution in [3.63, 3.8) is 0 Å². The third-order valence-electron chi connectivity index (χ3n) is 2.52. The first-order valence-corrected chi connectivity index (χ1v) is 5.55. The summed E-state index contributed by atoms with van der Waals surface area (Å²) in [5.74, 6) is 0. The molecule has 14 heavy (non-hydrogen) atoms. The van der Waals surface area contributed by atoms with Crippen molar-refractivity contribution in [3.05, 3.63) is 35.4 Å². The van der Waals surface area contributed by atoms with Crippen LogP contribution < -0.4 is 0 Å². The highest BCUT2D eigenvalue weighted by molar-refractivity contribution is 5.23. The van der Waals surface area contributed by atoms with Crippen LogP contribution in [0.5, 0.6) is 0 Å². The van der Waals surface area contributed by atoms with E-state index in [0.717, 1.165) is 25.7 Å². The summed E-state index contributed by atoms with van der Waals surface area (Å²) in [7, 11) is 0. The average Bonchev–Trinajstić information content (AvgIpc) is 2.25. The lowest BCUT2D eigenvalue weighted by Gasteiger charge is -2.03. The third kappa shape index (κ3) is 3.93. The van der Waals surface area contributed by atoms with Crippen LogP contribution in [0.4, 0.5) is 0 Å². The Morgan fingerprint density at radius 3 is 2.57 bits per heavy atom. The van der Waals surface area contributed by atoms with E-state index in [1.54, 1.807) is 0 Å². The summed E-state index contributed by atoms with van der Waals surface area (Å²) < 4.78 is 0. The zero-order valence-electron chi connectivity index (χ0n) is 9.00. The number of benzene rings is 1. The topological polar surface area (TPSA) is 20.2 Å². The normalized spacial score (nSPS) is 10.4. The van der Waals surface area contributed by atoms with E-state index in [0.29, 0.717) is 6.61 Å². The lowest BCUT2D eigenvalue weighted by molar-refractivity contribution is 0.283. The number of hydrogen-bond acceptors (Lipinski definition) is 1. The molecule has 1 aromatic carbocycles. The average molecular weight is 192 g/mol. The van der Waals surface area contributed by atoms with E-state index in [2.05, 4.69) is 31.2 Å². The molecule has 1 rings (SSSR count). The summed E-state index contributed by atoms with van der Waals surface area (Å²) in [6, 6.07) is 8.80. The van der Waals surface area contributed by atoms with E-state index in [9.17, 15) is 0 Å². The van der Waals surface area contributed by atoms with Gasteiger partial charge in [0, 0.05) is 6.61 Å². The first kappa shape index (κ1) is 11.3. The van der Waals surface area contributed by atoms with Crippen molar-refractivity contribution in [2.45, 2.75) is 39.0 Å². The van der Waals surface area contributed by atoms with Gasteiger partial charge in [-0.05, 0) is 36.8 Å². The Morgan fingerprint density at radius 2 is 1.86 bits per heavy atom. The smallest absolute Gasteiger partial charge is 0.0431 e. The molecule has 0 saturated heterocycles.